The van der Waals surface area contributed by atoms with Crippen LogP contribution in [0.4, 0.5) is 0 Å². The summed E-state index contributed by atoms with van der Waals surface area (Å²) in [6.45, 7) is 18.2. The Labute approximate surface area is 183 Å². The van der Waals surface area contributed by atoms with Crippen molar-refractivity contribution in [1.82, 2.24) is 20.0 Å². The van der Waals surface area contributed by atoms with E-state index in [1.54, 1.807) is 0 Å². The van der Waals surface area contributed by atoms with Gasteiger partial charge in [-0.1, -0.05) is 6.92 Å². The van der Waals surface area contributed by atoms with Crippen LogP contribution in [0.1, 0.15) is 53.4 Å². The number of ether oxygens (including phenoxy) is 2. The first-order valence-electron chi connectivity index (χ1n) is 12.1. The van der Waals surface area contributed by atoms with E-state index in [0.717, 1.165) is 84.6 Å². The van der Waals surface area contributed by atoms with Crippen LogP contribution in [0.5, 0.6) is 0 Å². The van der Waals surface area contributed by atoms with Crippen LogP contribution in [-0.2, 0) is 14.3 Å². The second-order valence-corrected chi connectivity index (χ2v) is 10.2. The van der Waals surface area contributed by atoms with Gasteiger partial charge in [-0.25, -0.2) is 0 Å². The highest BCUT2D eigenvalue weighted by Crippen LogP contribution is 2.27. The van der Waals surface area contributed by atoms with Crippen LogP contribution in [0, 0.1) is 0 Å². The quantitative estimate of drug-likeness (QED) is 0.606. The summed E-state index contributed by atoms with van der Waals surface area (Å²) in [6, 6.07) is 0.300. The van der Waals surface area contributed by atoms with E-state index in [4.69, 9.17) is 9.47 Å². The maximum atomic E-state index is 12.4. The molecule has 3 rings (SSSR count). The lowest BCUT2D eigenvalue weighted by atomic mass is 9.88. The number of piperazine rings is 1. The molecule has 0 aromatic rings. The predicted molar refractivity (Wildman–Crippen MR) is 120 cm³/mol. The molecule has 0 radical (unpaired) electrons. The van der Waals surface area contributed by atoms with Gasteiger partial charge in [-0.05, 0) is 53.0 Å². The highest BCUT2D eigenvalue weighted by atomic mass is 16.5. The summed E-state index contributed by atoms with van der Waals surface area (Å²) >= 11 is 0. The zero-order chi connectivity index (χ0) is 21.6. The van der Waals surface area contributed by atoms with E-state index >= 15 is 0 Å². The molecule has 1 saturated carbocycles. The maximum absolute atomic E-state index is 12.4. The number of nitrogens with one attached hydrogen (secondary N) is 1. The van der Waals surface area contributed by atoms with E-state index in [9.17, 15) is 4.79 Å². The lowest BCUT2D eigenvalue weighted by Gasteiger charge is -2.40. The van der Waals surface area contributed by atoms with E-state index in [1.165, 1.54) is 0 Å². The second-order valence-electron chi connectivity index (χ2n) is 10.2. The summed E-state index contributed by atoms with van der Waals surface area (Å²) in [4.78, 5) is 19.6. The van der Waals surface area contributed by atoms with Gasteiger partial charge in [0.15, 0.2) is 0 Å². The number of likely N-dealkylation sites (tertiary alicyclic amines) is 1. The van der Waals surface area contributed by atoms with Crippen molar-refractivity contribution >= 4 is 5.91 Å². The number of hydrogen-bond donors (Lipinski definition) is 1. The van der Waals surface area contributed by atoms with E-state index < -0.39 is 0 Å². The van der Waals surface area contributed by atoms with Crippen molar-refractivity contribution in [2.24, 2.45) is 0 Å². The highest BCUT2D eigenvalue weighted by Gasteiger charge is 2.34. The summed E-state index contributed by atoms with van der Waals surface area (Å²) in [5, 5.41) is 3.21. The lowest BCUT2D eigenvalue weighted by molar-refractivity contribution is -0.127. The third-order valence-corrected chi connectivity index (χ3v) is 6.60. The first-order chi connectivity index (χ1) is 14.3. The van der Waals surface area contributed by atoms with Gasteiger partial charge in [0.1, 0.15) is 0 Å². The Balaban J connectivity index is 1.22. The van der Waals surface area contributed by atoms with Crippen molar-refractivity contribution in [3.05, 3.63) is 0 Å². The molecule has 0 spiro atoms. The summed E-state index contributed by atoms with van der Waals surface area (Å²) in [5.41, 5.74) is -0.0713. The number of carbonyl (C=O) groups is 1. The van der Waals surface area contributed by atoms with Crippen molar-refractivity contribution < 1.29 is 14.3 Å². The monoisotopic (exact) mass is 424 g/mol. The zero-order valence-electron chi connectivity index (χ0n) is 19.7. The fourth-order valence-electron chi connectivity index (χ4n) is 4.56. The van der Waals surface area contributed by atoms with E-state index in [0.29, 0.717) is 24.8 Å². The molecular formula is C23H44N4O3. The van der Waals surface area contributed by atoms with Gasteiger partial charge in [-0.15, -0.1) is 0 Å². The second kappa shape index (κ2) is 11.2. The van der Waals surface area contributed by atoms with Crippen molar-refractivity contribution in [2.45, 2.75) is 77.2 Å². The van der Waals surface area contributed by atoms with E-state index in [2.05, 4.69) is 47.7 Å². The van der Waals surface area contributed by atoms with Crippen molar-refractivity contribution in [2.75, 3.05) is 65.5 Å². The fourth-order valence-corrected chi connectivity index (χ4v) is 4.56. The minimum absolute atomic E-state index is 0.0713. The summed E-state index contributed by atoms with van der Waals surface area (Å²) < 4.78 is 12.1. The molecule has 0 aromatic carbocycles. The smallest absolute Gasteiger partial charge is 0.234 e. The Morgan fingerprint density at radius 1 is 0.933 bits per heavy atom. The van der Waals surface area contributed by atoms with Gasteiger partial charge in [0, 0.05) is 51.9 Å². The summed E-state index contributed by atoms with van der Waals surface area (Å²) in [5.74, 6) is 0.166. The Bertz CT molecular complexity index is 517. The van der Waals surface area contributed by atoms with Gasteiger partial charge in [-0.2, -0.15) is 0 Å². The molecule has 0 atom stereocenters. The number of piperidine rings is 1. The number of nitrogens with zero attached hydrogens (tertiary/aromatic N) is 3. The molecule has 0 aromatic heterocycles. The van der Waals surface area contributed by atoms with Gasteiger partial charge in [0.2, 0.25) is 5.91 Å². The maximum Gasteiger partial charge on any atom is 0.234 e. The molecule has 1 N–H and O–H groups in total. The van der Waals surface area contributed by atoms with Crippen LogP contribution in [0.3, 0.4) is 0 Å². The molecule has 0 unspecified atom stereocenters. The predicted octanol–water partition coefficient (Wildman–Crippen LogP) is 1.57. The minimum Gasteiger partial charge on any atom is -0.375 e. The average molecular weight is 425 g/mol. The number of carbonyl (C=O) groups excluding carboxylic acids is 1. The molecule has 30 heavy (non-hydrogen) atoms. The third-order valence-electron chi connectivity index (χ3n) is 6.60. The summed E-state index contributed by atoms with van der Waals surface area (Å²) in [6.07, 6.45) is 5.00. The van der Waals surface area contributed by atoms with E-state index in [-0.39, 0.29) is 11.5 Å². The van der Waals surface area contributed by atoms with Crippen molar-refractivity contribution in [3.63, 3.8) is 0 Å². The largest absolute Gasteiger partial charge is 0.375 e. The van der Waals surface area contributed by atoms with Crippen LogP contribution in [-0.4, -0.2) is 110 Å². The SMILES string of the molecule is CCN1CCC(OC2CC(NC(=O)CN3CCN(CCOC(C)(C)C)CC3)C2)CC1. The van der Waals surface area contributed by atoms with E-state index in [1.807, 2.05) is 0 Å². The van der Waals surface area contributed by atoms with Gasteiger partial charge in [0.25, 0.3) is 0 Å². The molecule has 2 saturated heterocycles. The van der Waals surface area contributed by atoms with Crippen LogP contribution in [0.15, 0.2) is 0 Å². The Hall–Kier alpha value is -0.730. The number of rotatable bonds is 9. The van der Waals surface area contributed by atoms with Gasteiger partial charge < -0.3 is 19.7 Å². The first-order valence-corrected chi connectivity index (χ1v) is 12.1. The molecule has 174 valence electrons. The molecule has 2 heterocycles. The fraction of sp³-hybridized carbons (Fsp3) is 0.957. The lowest BCUT2D eigenvalue weighted by Crippen LogP contribution is -2.54. The van der Waals surface area contributed by atoms with Gasteiger partial charge in [0.05, 0.1) is 31.0 Å². The third kappa shape index (κ3) is 8.08. The first kappa shape index (κ1) is 23.9. The molecule has 3 aliphatic rings. The Kier molecular flexibility index (Phi) is 8.95. The molecule has 2 aliphatic heterocycles. The van der Waals surface area contributed by atoms with Crippen molar-refractivity contribution in [3.8, 4) is 0 Å². The molecule has 7 heteroatoms. The topological polar surface area (TPSA) is 57.3 Å². The van der Waals surface area contributed by atoms with Crippen LogP contribution >= 0.6 is 0 Å². The van der Waals surface area contributed by atoms with Gasteiger partial charge in [-0.3, -0.25) is 14.6 Å². The van der Waals surface area contributed by atoms with Crippen LogP contribution in [0.25, 0.3) is 0 Å². The van der Waals surface area contributed by atoms with Crippen molar-refractivity contribution in [1.29, 1.82) is 0 Å². The molecular weight excluding hydrogens is 380 g/mol. The Morgan fingerprint density at radius 3 is 2.17 bits per heavy atom. The molecule has 1 amide bonds. The van der Waals surface area contributed by atoms with Crippen LogP contribution < -0.4 is 5.32 Å². The normalized spacial score (nSPS) is 27.7. The molecule has 3 fully saturated rings. The standard InChI is InChI=1S/C23H44N4O3/c1-5-25-8-6-20(7-9-25)30-21-16-19(17-21)24-22(28)18-27-12-10-26(11-13-27)14-15-29-23(2,3)4/h19-21H,5-18H2,1-4H3,(H,24,28). The number of hydrogen-bond acceptors (Lipinski definition) is 6. The minimum atomic E-state index is -0.0713. The molecule has 7 nitrogen and oxygen atoms in total. The number of amides is 1. The molecule has 0 bridgehead atoms. The van der Waals surface area contributed by atoms with Crippen LogP contribution in [0.2, 0.25) is 0 Å². The average Bonchev–Trinajstić information content (AvgIpc) is 2.67. The zero-order valence-corrected chi connectivity index (χ0v) is 19.7. The molecule has 1 aliphatic carbocycles. The summed E-state index contributed by atoms with van der Waals surface area (Å²) in [7, 11) is 0. The highest BCUT2D eigenvalue weighted by molar-refractivity contribution is 5.78. The Morgan fingerprint density at radius 2 is 1.57 bits per heavy atom. The van der Waals surface area contributed by atoms with Gasteiger partial charge >= 0.3 is 0 Å².